The van der Waals surface area contributed by atoms with Gasteiger partial charge in [-0.1, -0.05) is 12.1 Å². The van der Waals surface area contributed by atoms with E-state index in [4.69, 9.17) is 25.0 Å². The highest BCUT2D eigenvalue weighted by atomic mass is 19.2. The van der Waals surface area contributed by atoms with Crippen LogP contribution in [0.4, 0.5) is 8.78 Å². The number of nitrogens with two attached hydrogens (primary N) is 1. The molecule has 32 heavy (non-hydrogen) atoms. The summed E-state index contributed by atoms with van der Waals surface area (Å²) in [6, 6.07) is 9.39. The summed E-state index contributed by atoms with van der Waals surface area (Å²) in [5, 5.41) is 1.46. The average Bonchev–Trinajstić information content (AvgIpc) is 3.02. The molecule has 0 aliphatic carbocycles. The second-order valence-corrected chi connectivity index (χ2v) is 9.40. The Balaban J connectivity index is 1.56. The maximum atomic E-state index is 13.8. The summed E-state index contributed by atoms with van der Waals surface area (Å²) < 4.78 is 39.6. The van der Waals surface area contributed by atoms with E-state index in [0.717, 1.165) is 24.5 Å². The molecule has 0 radical (unpaired) electrons. The Hall–Kier alpha value is -2.71. The zero-order valence-electron chi connectivity index (χ0n) is 18.4. The molecule has 2 aromatic carbocycles. The molecular weight excluding hydrogens is 416 g/mol. The van der Waals surface area contributed by atoms with Crippen LogP contribution >= 0.6 is 0 Å². The van der Waals surface area contributed by atoms with Gasteiger partial charge in [-0.05, 0) is 62.1 Å². The molecule has 8 heteroatoms. The number of ether oxygens (including phenoxy) is 2. The highest BCUT2D eigenvalue weighted by molar-refractivity contribution is 5.79. The molecule has 3 heterocycles. The number of guanidine groups is 1. The summed E-state index contributed by atoms with van der Waals surface area (Å²) in [5.41, 5.74) is 6.83. The van der Waals surface area contributed by atoms with E-state index < -0.39 is 17.4 Å². The fraction of sp³-hybridized carbons (Fsp3) is 0.458. The first-order chi connectivity index (χ1) is 15.2. The van der Waals surface area contributed by atoms with Crippen LogP contribution in [0, 0.1) is 17.6 Å². The molecule has 0 bridgehead atoms. The standard InChI is InChI=1S/C24H27F2N3O3/c1-23(2)12-16(8-9-30-23)21-13-24(28-22(27)29(3)32-24)17-10-14(5-7-20(17)31-21)15-4-6-18(25)19(26)11-15/h4-7,10-11,16,21H,8-9,12-13H2,1-3H3,(H2,27,28)/t16-,21-,24?/m1/s1. The number of benzene rings is 2. The lowest BCUT2D eigenvalue weighted by molar-refractivity contribution is -0.198. The quantitative estimate of drug-likeness (QED) is 0.748. The van der Waals surface area contributed by atoms with Gasteiger partial charge in [0.25, 0.3) is 0 Å². The number of hydroxylamine groups is 2. The maximum absolute atomic E-state index is 13.8. The second-order valence-electron chi connectivity index (χ2n) is 9.40. The van der Waals surface area contributed by atoms with Crippen molar-refractivity contribution in [3.8, 4) is 16.9 Å². The molecule has 3 atom stereocenters. The first kappa shape index (κ1) is 21.2. The zero-order chi connectivity index (χ0) is 22.7. The molecule has 3 aliphatic rings. The Morgan fingerprint density at radius 1 is 1.06 bits per heavy atom. The minimum absolute atomic E-state index is 0.122. The van der Waals surface area contributed by atoms with Crippen molar-refractivity contribution in [1.82, 2.24) is 5.06 Å². The van der Waals surface area contributed by atoms with Gasteiger partial charge in [0.05, 0.1) is 11.2 Å². The third-order valence-electron chi connectivity index (χ3n) is 6.58. The molecule has 2 N–H and O–H groups in total. The number of aliphatic imine (C=N–C) groups is 1. The van der Waals surface area contributed by atoms with Crippen LogP contribution in [0.3, 0.4) is 0 Å². The number of hydrogen-bond donors (Lipinski definition) is 1. The van der Waals surface area contributed by atoms with E-state index in [0.29, 0.717) is 29.9 Å². The minimum Gasteiger partial charge on any atom is -0.489 e. The molecule has 170 valence electrons. The highest BCUT2D eigenvalue weighted by Gasteiger charge is 2.51. The predicted octanol–water partition coefficient (Wildman–Crippen LogP) is 4.33. The third kappa shape index (κ3) is 3.61. The fourth-order valence-corrected chi connectivity index (χ4v) is 4.98. The lowest BCUT2D eigenvalue weighted by Crippen LogP contribution is -2.46. The number of fused-ring (bicyclic) bond motifs is 2. The largest absolute Gasteiger partial charge is 0.489 e. The first-order valence-electron chi connectivity index (χ1n) is 10.8. The monoisotopic (exact) mass is 443 g/mol. The molecule has 6 nitrogen and oxygen atoms in total. The lowest BCUT2D eigenvalue weighted by Gasteiger charge is -2.44. The normalized spacial score (nSPS) is 28.9. The SMILES string of the molecule is CN1OC2(C[C@H]([C@@H]3CCOC(C)(C)C3)Oc3ccc(-c4ccc(F)c(F)c4)cc32)N=C1N. The van der Waals surface area contributed by atoms with E-state index in [1.54, 1.807) is 13.1 Å². The molecule has 0 aromatic heterocycles. The van der Waals surface area contributed by atoms with Crippen LogP contribution in [0.25, 0.3) is 11.1 Å². The van der Waals surface area contributed by atoms with Crippen molar-refractivity contribution < 1.29 is 23.1 Å². The summed E-state index contributed by atoms with van der Waals surface area (Å²) >= 11 is 0. The maximum Gasteiger partial charge on any atom is 0.221 e. The zero-order valence-corrected chi connectivity index (χ0v) is 18.4. The van der Waals surface area contributed by atoms with Crippen molar-refractivity contribution >= 4 is 5.96 Å². The minimum atomic E-state index is -1.03. The Kier molecular flexibility index (Phi) is 4.90. The van der Waals surface area contributed by atoms with Gasteiger partial charge in [-0.25, -0.2) is 23.7 Å². The van der Waals surface area contributed by atoms with Crippen molar-refractivity contribution in [2.24, 2.45) is 16.6 Å². The van der Waals surface area contributed by atoms with Gasteiger partial charge in [0, 0.05) is 26.0 Å². The molecule has 1 fully saturated rings. The topological polar surface area (TPSA) is 69.3 Å². The van der Waals surface area contributed by atoms with Crippen LogP contribution in [-0.2, 0) is 15.3 Å². The third-order valence-corrected chi connectivity index (χ3v) is 6.58. The van der Waals surface area contributed by atoms with Crippen LogP contribution in [0.2, 0.25) is 0 Å². The van der Waals surface area contributed by atoms with Crippen LogP contribution in [0.5, 0.6) is 5.75 Å². The van der Waals surface area contributed by atoms with Gasteiger partial charge >= 0.3 is 0 Å². The van der Waals surface area contributed by atoms with Crippen LogP contribution in [-0.4, -0.2) is 36.4 Å². The van der Waals surface area contributed by atoms with Crippen molar-refractivity contribution in [3.63, 3.8) is 0 Å². The summed E-state index contributed by atoms with van der Waals surface area (Å²) in [5.74, 6) is -0.564. The van der Waals surface area contributed by atoms with Gasteiger partial charge in [-0.15, -0.1) is 0 Å². The van der Waals surface area contributed by atoms with Crippen LogP contribution in [0.15, 0.2) is 41.4 Å². The van der Waals surface area contributed by atoms with Crippen LogP contribution in [0.1, 0.15) is 38.7 Å². The Labute approximate surface area is 185 Å². The van der Waals surface area contributed by atoms with Gasteiger partial charge in [0.15, 0.2) is 11.6 Å². The number of hydrogen-bond acceptors (Lipinski definition) is 6. The predicted molar refractivity (Wildman–Crippen MR) is 116 cm³/mol. The molecule has 2 aromatic rings. The summed E-state index contributed by atoms with van der Waals surface area (Å²) in [7, 11) is 1.72. The van der Waals surface area contributed by atoms with Gasteiger partial charge < -0.3 is 15.2 Å². The second kappa shape index (κ2) is 7.42. The van der Waals surface area contributed by atoms with Crippen molar-refractivity contribution in [2.45, 2.75) is 50.5 Å². The van der Waals surface area contributed by atoms with E-state index in [2.05, 4.69) is 13.8 Å². The molecule has 0 saturated carbocycles. The average molecular weight is 443 g/mol. The fourth-order valence-electron chi connectivity index (χ4n) is 4.98. The van der Waals surface area contributed by atoms with Crippen LogP contribution < -0.4 is 10.5 Å². The molecule has 5 rings (SSSR count). The Morgan fingerprint density at radius 3 is 2.50 bits per heavy atom. The van der Waals surface area contributed by atoms with Gasteiger partial charge in [-0.3, -0.25) is 0 Å². The number of halogens is 2. The van der Waals surface area contributed by atoms with Gasteiger partial charge in [-0.2, -0.15) is 0 Å². The van der Waals surface area contributed by atoms with Gasteiger partial charge in [0.2, 0.25) is 11.7 Å². The summed E-state index contributed by atoms with van der Waals surface area (Å²) in [6.07, 6.45) is 2.13. The van der Waals surface area contributed by atoms with E-state index >= 15 is 0 Å². The summed E-state index contributed by atoms with van der Waals surface area (Å²) in [6.45, 7) is 4.87. The Morgan fingerprint density at radius 2 is 1.81 bits per heavy atom. The lowest BCUT2D eigenvalue weighted by atomic mass is 9.79. The molecule has 1 saturated heterocycles. The summed E-state index contributed by atoms with van der Waals surface area (Å²) in [4.78, 5) is 10.9. The van der Waals surface area contributed by atoms with Crippen molar-refractivity contribution in [3.05, 3.63) is 53.6 Å². The van der Waals surface area contributed by atoms with Gasteiger partial charge in [0.1, 0.15) is 11.9 Å². The molecule has 1 unspecified atom stereocenters. The molecular formula is C24H27F2N3O3. The number of rotatable bonds is 2. The smallest absolute Gasteiger partial charge is 0.221 e. The first-order valence-corrected chi connectivity index (χ1v) is 10.8. The van der Waals surface area contributed by atoms with Crippen molar-refractivity contribution in [2.75, 3.05) is 13.7 Å². The van der Waals surface area contributed by atoms with E-state index in [9.17, 15) is 8.78 Å². The van der Waals surface area contributed by atoms with E-state index in [1.165, 1.54) is 11.1 Å². The van der Waals surface area contributed by atoms with E-state index in [-0.39, 0.29) is 23.6 Å². The van der Waals surface area contributed by atoms with Crippen molar-refractivity contribution in [1.29, 1.82) is 0 Å². The number of nitrogens with zero attached hydrogens (tertiary/aromatic N) is 2. The molecule has 0 amide bonds. The van der Waals surface area contributed by atoms with E-state index in [1.807, 2.05) is 18.2 Å². The highest BCUT2D eigenvalue weighted by Crippen LogP contribution is 2.49. The molecule has 1 spiro atoms. The Bertz CT molecular complexity index is 1090. The molecule has 3 aliphatic heterocycles.